The third kappa shape index (κ3) is 6.03. The van der Waals surface area contributed by atoms with Crippen molar-refractivity contribution in [2.45, 2.75) is 57.0 Å². The molecule has 0 radical (unpaired) electrons. The van der Waals surface area contributed by atoms with Gasteiger partial charge >= 0.3 is 0 Å². The summed E-state index contributed by atoms with van der Waals surface area (Å²) in [6.07, 6.45) is 11.1. The van der Waals surface area contributed by atoms with Gasteiger partial charge in [0.1, 0.15) is 5.75 Å². The number of methoxy groups -OCH3 is 1. The van der Waals surface area contributed by atoms with Gasteiger partial charge in [0, 0.05) is 31.2 Å². The molecule has 0 bridgehead atoms. The van der Waals surface area contributed by atoms with Crippen LogP contribution in [0.3, 0.4) is 0 Å². The summed E-state index contributed by atoms with van der Waals surface area (Å²) in [5.41, 5.74) is 4.17. The molecule has 0 unspecified atom stereocenters. The molecule has 1 amide bonds. The van der Waals surface area contributed by atoms with E-state index in [9.17, 15) is 10.1 Å². The Kier molecular flexibility index (Phi) is 7.47. The van der Waals surface area contributed by atoms with Crippen molar-refractivity contribution in [2.75, 3.05) is 20.2 Å². The van der Waals surface area contributed by atoms with Crippen LogP contribution in [0.4, 0.5) is 0 Å². The van der Waals surface area contributed by atoms with Gasteiger partial charge < -0.3 is 10.1 Å². The minimum absolute atomic E-state index is 0.0256. The van der Waals surface area contributed by atoms with Crippen molar-refractivity contribution in [3.63, 3.8) is 0 Å². The first-order chi connectivity index (χ1) is 16.1. The Labute approximate surface area is 197 Å². The van der Waals surface area contributed by atoms with E-state index in [2.05, 4.69) is 22.4 Å². The monoisotopic (exact) mass is 443 g/mol. The molecule has 2 aromatic carbocycles. The highest BCUT2D eigenvalue weighted by Gasteiger charge is 2.33. The topological polar surface area (TPSA) is 65.4 Å². The van der Waals surface area contributed by atoms with Crippen LogP contribution in [-0.2, 0) is 17.8 Å². The summed E-state index contributed by atoms with van der Waals surface area (Å²) in [6, 6.07) is 16.0. The number of nitriles is 1. The van der Waals surface area contributed by atoms with E-state index in [1.54, 1.807) is 13.2 Å². The smallest absolute Gasteiger partial charge is 0.244 e. The largest absolute Gasteiger partial charge is 0.497 e. The Balaban J connectivity index is 1.38. The number of carbonyl (C=O) groups is 1. The number of carbonyl (C=O) groups excluding carboxylic acids is 1. The van der Waals surface area contributed by atoms with E-state index in [0.29, 0.717) is 0 Å². The van der Waals surface area contributed by atoms with E-state index in [4.69, 9.17) is 4.74 Å². The summed E-state index contributed by atoms with van der Waals surface area (Å²) in [5, 5.41) is 12.6. The molecule has 1 saturated carbocycles. The molecular weight excluding hydrogens is 410 g/mol. The van der Waals surface area contributed by atoms with E-state index in [-0.39, 0.29) is 11.4 Å². The van der Waals surface area contributed by atoms with Gasteiger partial charge in [-0.1, -0.05) is 37.5 Å². The van der Waals surface area contributed by atoms with Crippen molar-refractivity contribution < 1.29 is 9.53 Å². The molecule has 5 nitrogen and oxygen atoms in total. The van der Waals surface area contributed by atoms with Crippen LogP contribution in [0, 0.1) is 11.3 Å². The van der Waals surface area contributed by atoms with Gasteiger partial charge in [0.2, 0.25) is 5.91 Å². The van der Waals surface area contributed by atoms with Crippen LogP contribution in [0.25, 0.3) is 6.08 Å². The third-order valence-electron chi connectivity index (χ3n) is 7.05. The fraction of sp³-hybridized carbons (Fsp3) is 0.429. The van der Waals surface area contributed by atoms with Crippen molar-refractivity contribution in [3.8, 4) is 11.8 Å². The quantitative estimate of drug-likeness (QED) is 0.622. The lowest BCUT2D eigenvalue weighted by molar-refractivity contribution is -0.118. The lowest BCUT2D eigenvalue weighted by Crippen LogP contribution is -2.51. The van der Waals surface area contributed by atoms with Gasteiger partial charge in [-0.3, -0.25) is 9.69 Å². The second-order valence-electron chi connectivity index (χ2n) is 9.31. The van der Waals surface area contributed by atoms with Crippen molar-refractivity contribution in [2.24, 2.45) is 0 Å². The molecule has 0 saturated heterocycles. The SMILES string of the molecule is COc1cccc(C=CC(=O)NC2(CCN3CCc4ccc(C#N)cc4C3)CCCCC2)c1. The molecule has 0 spiro atoms. The van der Waals surface area contributed by atoms with Gasteiger partial charge in [0.25, 0.3) is 0 Å². The number of hydrogen-bond donors (Lipinski definition) is 1. The molecule has 172 valence electrons. The zero-order chi connectivity index (χ0) is 23.1. The van der Waals surface area contributed by atoms with Crippen molar-refractivity contribution in [1.29, 1.82) is 5.26 Å². The molecule has 0 aromatic heterocycles. The fourth-order valence-corrected chi connectivity index (χ4v) is 5.13. The van der Waals surface area contributed by atoms with Crippen molar-refractivity contribution >= 4 is 12.0 Å². The summed E-state index contributed by atoms with van der Waals surface area (Å²) in [7, 11) is 1.64. The van der Waals surface area contributed by atoms with E-state index >= 15 is 0 Å². The average molecular weight is 444 g/mol. The Morgan fingerprint density at radius 3 is 2.82 bits per heavy atom. The first-order valence-electron chi connectivity index (χ1n) is 12.0. The van der Waals surface area contributed by atoms with Crippen LogP contribution in [-0.4, -0.2) is 36.5 Å². The minimum atomic E-state index is -0.136. The highest BCUT2D eigenvalue weighted by atomic mass is 16.5. The molecule has 0 atom stereocenters. The molecule has 1 N–H and O–H groups in total. The minimum Gasteiger partial charge on any atom is -0.497 e. The maximum atomic E-state index is 12.9. The van der Waals surface area contributed by atoms with Crippen LogP contribution >= 0.6 is 0 Å². The number of ether oxygens (including phenoxy) is 1. The van der Waals surface area contributed by atoms with Crippen LogP contribution < -0.4 is 10.1 Å². The Morgan fingerprint density at radius 1 is 1.18 bits per heavy atom. The van der Waals surface area contributed by atoms with Crippen LogP contribution in [0.5, 0.6) is 5.75 Å². The van der Waals surface area contributed by atoms with Gasteiger partial charge in [0.05, 0.1) is 18.7 Å². The zero-order valence-corrected chi connectivity index (χ0v) is 19.5. The second-order valence-corrected chi connectivity index (χ2v) is 9.31. The van der Waals surface area contributed by atoms with Crippen LogP contribution in [0.1, 0.15) is 60.8 Å². The Bertz CT molecular complexity index is 1050. The molecule has 1 heterocycles. The molecule has 5 heteroatoms. The first kappa shape index (κ1) is 23.1. The maximum absolute atomic E-state index is 12.9. The van der Waals surface area contributed by atoms with Crippen molar-refractivity contribution in [1.82, 2.24) is 10.2 Å². The summed E-state index contributed by atoms with van der Waals surface area (Å²) >= 11 is 0. The second kappa shape index (κ2) is 10.7. The molecule has 1 fully saturated rings. The van der Waals surface area contributed by atoms with E-state index < -0.39 is 0 Å². The molecular formula is C28H33N3O2. The molecule has 2 aromatic rings. The zero-order valence-electron chi connectivity index (χ0n) is 19.5. The predicted octanol–water partition coefficient (Wildman–Crippen LogP) is 4.85. The van der Waals surface area contributed by atoms with Gasteiger partial charge in [-0.15, -0.1) is 0 Å². The van der Waals surface area contributed by atoms with Crippen LogP contribution in [0.2, 0.25) is 0 Å². The first-order valence-corrected chi connectivity index (χ1v) is 12.0. The lowest BCUT2D eigenvalue weighted by Gasteiger charge is -2.40. The number of benzene rings is 2. The van der Waals surface area contributed by atoms with Gasteiger partial charge in [-0.05, 0) is 72.7 Å². The summed E-state index contributed by atoms with van der Waals surface area (Å²) < 4.78 is 5.27. The summed E-state index contributed by atoms with van der Waals surface area (Å²) in [6.45, 7) is 2.86. The van der Waals surface area contributed by atoms with Gasteiger partial charge in [0.15, 0.2) is 0 Å². The lowest BCUT2D eigenvalue weighted by atomic mass is 9.79. The number of nitrogens with one attached hydrogen (secondary N) is 1. The number of fused-ring (bicyclic) bond motifs is 1. The van der Waals surface area contributed by atoms with Gasteiger partial charge in [-0.2, -0.15) is 5.26 Å². The molecule has 2 aliphatic rings. The summed E-state index contributed by atoms with van der Waals surface area (Å²) in [5.74, 6) is 0.758. The normalized spacial score (nSPS) is 17.8. The molecule has 1 aliphatic carbocycles. The predicted molar refractivity (Wildman–Crippen MR) is 131 cm³/mol. The maximum Gasteiger partial charge on any atom is 0.244 e. The highest BCUT2D eigenvalue weighted by molar-refractivity contribution is 5.92. The Hall–Kier alpha value is -3.10. The van der Waals surface area contributed by atoms with Crippen LogP contribution in [0.15, 0.2) is 48.5 Å². The van der Waals surface area contributed by atoms with E-state index in [0.717, 1.165) is 75.0 Å². The molecule has 1 aliphatic heterocycles. The summed E-state index contributed by atoms with van der Waals surface area (Å²) in [4.78, 5) is 15.3. The molecule has 4 rings (SSSR count). The average Bonchev–Trinajstić information content (AvgIpc) is 2.86. The number of amides is 1. The fourth-order valence-electron chi connectivity index (χ4n) is 5.13. The van der Waals surface area contributed by atoms with Crippen molar-refractivity contribution in [3.05, 3.63) is 70.8 Å². The number of hydrogen-bond acceptors (Lipinski definition) is 4. The van der Waals surface area contributed by atoms with E-state index in [1.165, 1.54) is 17.5 Å². The number of nitrogens with zero attached hydrogens (tertiary/aromatic N) is 2. The Morgan fingerprint density at radius 2 is 2.03 bits per heavy atom. The van der Waals surface area contributed by atoms with Gasteiger partial charge in [-0.25, -0.2) is 0 Å². The molecule has 33 heavy (non-hydrogen) atoms. The highest BCUT2D eigenvalue weighted by Crippen LogP contribution is 2.32. The standard InChI is InChI=1S/C28H33N3O2/c1-33-26-7-5-6-22(19-26)9-11-27(32)30-28(13-3-2-4-14-28)15-17-31-16-12-24-10-8-23(20-29)18-25(24)21-31/h5-11,18-19H,2-4,12-17,21H2,1H3,(H,30,32). The van der Waals surface area contributed by atoms with E-state index in [1.807, 2.05) is 42.5 Å². The number of rotatable bonds is 7. The third-order valence-corrected chi connectivity index (χ3v) is 7.05.